The van der Waals surface area contributed by atoms with E-state index >= 15 is 0 Å². The molecule has 0 bridgehead atoms. The van der Waals surface area contributed by atoms with Crippen LogP contribution in [0.4, 0.5) is 0 Å². The Bertz CT molecular complexity index is 360. The van der Waals surface area contributed by atoms with E-state index in [-0.39, 0.29) is 5.78 Å². The van der Waals surface area contributed by atoms with Gasteiger partial charge in [0.2, 0.25) is 6.29 Å². The van der Waals surface area contributed by atoms with Crippen molar-refractivity contribution < 1.29 is 9.59 Å². The third-order valence-electron chi connectivity index (χ3n) is 2.48. The number of rotatable bonds is 4. The summed E-state index contributed by atoms with van der Waals surface area (Å²) in [5.74, 6) is -0.700. The second-order valence-corrected chi connectivity index (χ2v) is 4.97. The van der Waals surface area contributed by atoms with Gasteiger partial charge in [-0.2, -0.15) is 0 Å². The van der Waals surface area contributed by atoms with Crippen LogP contribution >= 0.6 is 0 Å². The van der Waals surface area contributed by atoms with E-state index in [4.69, 9.17) is 0 Å². The molecule has 85 valence electrons. The maximum absolute atomic E-state index is 11.9. The highest BCUT2D eigenvalue weighted by Crippen LogP contribution is 2.21. The normalized spacial score (nSPS) is 13.2. The standard InChI is InChI=1S/C14H17O2/c1-14(2,3)13(16)12(10-15)9-11-7-5-4-6-8-11/h4-8,12H,9H2,1-3H3. The van der Waals surface area contributed by atoms with E-state index in [2.05, 4.69) is 0 Å². The highest BCUT2D eigenvalue weighted by atomic mass is 16.1. The fourth-order valence-corrected chi connectivity index (χ4v) is 1.56. The highest BCUT2D eigenvalue weighted by molar-refractivity contribution is 5.96. The first-order chi connectivity index (χ1) is 7.45. The van der Waals surface area contributed by atoms with Crippen molar-refractivity contribution in [2.75, 3.05) is 0 Å². The van der Waals surface area contributed by atoms with Gasteiger partial charge in [0.1, 0.15) is 5.78 Å². The number of carbonyl (C=O) groups excluding carboxylic acids is 2. The second-order valence-electron chi connectivity index (χ2n) is 4.97. The number of benzene rings is 1. The molecule has 0 amide bonds. The van der Waals surface area contributed by atoms with Crippen molar-refractivity contribution in [1.82, 2.24) is 0 Å². The number of Topliss-reactive ketones (excluding diaryl/α,β-unsaturated/α-hetero) is 1. The SMILES string of the molecule is CC(C)(C)C(=O)C([C]=O)Cc1ccccc1. The molecular formula is C14H17O2. The van der Waals surface area contributed by atoms with Gasteiger partial charge in [0.05, 0.1) is 5.92 Å². The molecule has 1 rings (SSSR count). The van der Waals surface area contributed by atoms with Gasteiger partial charge in [0.15, 0.2) is 0 Å². The number of hydrogen-bond acceptors (Lipinski definition) is 2. The summed E-state index contributed by atoms with van der Waals surface area (Å²) in [7, 11) is 0. The van der Waals surface area contributed by atoms with Gasteiger partial charge in [-0.3, -0.25) is 9.59 Å². The van der Waals surface area contributed by atoms with E-state index in [1.165, 1.54) is 0 Å². The summed E-state index contributed by atoms with van der Waals surface area (Å²) in [6, 6.07) is 9.55. The molecule has 2 heteroatoms. The number of carbonyl (C=O) groups is 1. The van der Waals surface area contributed by atoms with Gasteiger partial charge < -0.3 is 0 Å². The molecule has 0 N–H and O–H groups in total. The number of ketones is 1. The molecule has 16 heavy (non-hydrogen) atoms. The molecule has 1 aromatic carbocycles. The van der Waals surface area contributed by atoms with E-state index in [1.54, 1.807) is 0 Å². The Labute approximate surface area is 96.7 Å². The predicted octanol–water partition coefficient (Wildman–Crippen LogP) is 2.57. The minimum atomic E-state index is -0.651. The molecule has 0 fully saturated rings. The lowest BCUT2D eigenvalue weighted by atomic mass is 9.81. The van der Waals surface area contributed by atoms with Gasteiger partial charge in [-0.15, -0.1) is 0 Å². The summed E-state index contributed by atoms with van der Waals surface area (Å²) in [4.78, 5) is 22.8. The van der Waals surface area contributed by atoms with Crippen LogP contribution in [0, 0.1) is 11.3 Å². The van der Waals surface area contributed by atoms with E-state index < -0.39 is 11.3 Å². The third kappa shape index (κ3) is 3.30. The van der Waals surface area contributed by atoms with E-state index in [9.17, 15) is 9.59 Å². The average Bonchev–Trinajstić information content (AvgIpc) is 2.25. The summed E-state index contributed by atoms with van der Waals surface area (Å²) in [5.41, 5.74) is 0.505. The van der Waals surface area contributed by atoms with Crippen LogP contribution < -0.4 is 0 Å². The smallest absolute Gasteiger partial charge is 0.209 e. The van der Waals surface area contributed by atoms with Crippen LogP contribution in [-0.4, -0.2) is 12.1 Å². The molecule has 0 saturated heterocycles. The topological polar surface area (TPSA) is 34.1 Å². The molecule has 1 unspecified atom stereocenters. The molecule has 1 radical (unpaired) electrons. The first-order valence-corrected chi connectivity index (χ1v) is 5.41. The Hall–Kier alpha value is -1.44. The molecule has 1 atom stereocenters. The van der Waals surface area contributed by atoms with Crippen LogP contribution in [0.1, 0.15) is 26.3 Å². The molecule has 2 nitrogen and oxygen atoms in total. The molecule has 0 aliphatic carbocycles. The van der Waals surface area contributed by atoms with Gasteiger partial charge in [-0.25, -0.2) is 0 Å². The van der Waals surface area contributed by atoms with Crippen LogP contribution in [0.15, 0.2) is 30.3 Å². The zero-order valence-corrected chi connectivity index (χ0v) is 9.99. The summed E-state index contributed by atoms with van der Waals surface area (Å²) < 4.78 is 0. The third-order valence-corrected chi connectivity index (χ3v) is 2.48. The highest BCUT2D eigenvalue weighted by Gasteiger charge is 2.29. The fraction of sp³-hybridized carbons (Fsp3) is 0.429. The largest absolute Gasteiger partial charge is 0.298 e. The summed E-state index contributed by atoms with van der Waals surface area (Å²) in [6.45, 7) is 5.47. The predicted molar refractivity (Wildman–Crippen MR) is 63.8 cm³/mol. The Balaban J connectivity index is 2.78. The summed E-state index contributed by atoms with van der Waals surface area (Å²) in [5, 5.41) is 0. The summed E-state index contributed by atoms with van der Waals surface area (Å²) >= 11 is 0. The Morgan fingerprint density at radius 1 is 1.25 bits per heavy atom. The monoisotopic (exact) mass is 217 g/mol. The minimum absolute atomic E-state index is 0.0497. The van der Waals surface area contributed by atoms with Crippen LogP contribution in [0.2, 0.25) is 0 Å². The maximum atomic E-state index is 11.9. The lowest BCUT2D eigenvalue weighted by molar-refractivity contribution is -0.128. The van der Waals surface area contributed by atoms with Gasteiger partial charge in [-0.05, 0) is 12.0 Å². The maximum Gasteiger partial charge on any atom is 0.209 e. The molecule has 1 aromatic rings. The van der Waals surface area contributed by atoms with Crippen molar-refractivity contribution in [1.29, 1.82) is 0 Å². The molecule has 0 aliphatic rings. The first-order valence-electron chi connectivity index (χ1n) is 5.41. The molecule has 0 aliphatic heterocycles. The van der Waals surface area contributed by atoms with Crippen LogP contribution in [0.5, 0.6) is 0 Å². The lowest BCUT2D eigenvalue weighted by Gasteiger charge is -2.20. The van der Waals surface area contributed by atoms with Gasteiger partial charge in [0, 0.05) is 5.41 Å². The van der Waals surface area contributed by atoms with Crippen molar-refractivity contribution in [2.24, 2.45) is 11.3 Å². The average molecular weight is 217 g/mol. The Kier molecular flexibility index (Phi) is 3.99. The van der Waals surface area contributed by atoms with Crippen molar-refractivity contribution in [3.63, 3.8) is 0 Å². The number of hydrogen-bond donors (Lipinski definition) is 0. The molecule has 0 aromatic heterocycles. The van der Waals surface area contributed by atoms with Crippen molar-refractivity contribution >= 4 is 12.1 Å². The van der Waals surface area contributed by atoms with Crippen molar-refractivity contribution in [2.45, 2.75) is 27.2 Å². The fourth-order valence-electron chi connectivity index (χ4n) is 1.56. The second kappa shape index (κ2) is 5.06. The van der Waals surface area contributed by atoms with Crippen LogP contribution in [-0.2, 0) is 16.0 Å². The molecule has 0 spiro atoms. The van der Waals surface area contributed by atoms with Gasteiger partial charge >= 0.3 is 0 Å². The van der Waals surface area contributed by atoms with E-state index in [0.717, 1.165) is 5.56 Å². The molecule has 0 heterocycles. The van der Waals surface area contributed by atoms with E-state index in [0.29, 0.717) is 6.42 Å². The molecular weight excluding hydrogens is 200 g/mol. The Morgan fingerprint density at radius 3 is 2.25 bits per heavy atom. The van der Waals surface area contributed by atoms with Gasteiger partial charge in [0.25, 0.3) is 0 Å². The van der Waals surface area contributed by atoms with Crippen molar-refractivity contribution in [3.8, 4) is 0 Å². The molecule has 0 saturated carbocycles. The van der Waals surface area contributed by atoms with Crippen LogP contribution in [0.25, 0.3) is 0 Å². The Morgan fingerprint density at radius 2 is 1.81 bits per heavy atom. The summed E-state index contributed by atoms with van der Waals surface area (Å²) in [6.07, 6.45) is 2.30. The van der Waals surface area contributed by atoms with Crippen molar-refractivity contribution in [3.05, 3.63) is 35.9 Å². The van der Waals surface area contributed by atoms with Gasteiger partial charge in [-0.1, -0.05) is 51.1 Å². The van der Waals surface area contributed by atoms with E-state index in [1.807, 2.05) is 57.4 Å². The lowest BCUT2D eigenvalue weighted by Crippen LogP contribution is -2.30. The zero-order valence-electron chi connectivity index (χ0n) is 9.99. The zero-order chi connectivity index (χ0) is 12.2. The van der Waals surface area contributed by atoms with Crippen LogP contribution in [0.3, 0.4) is 0 Å². The quantitative estimate of drug-likeness (QED) is 0.726. The minimum Gasteiger partial charge on any atom is -0.298 e. The first kappa shape index (κ1) is 12.6.